The van der Waals surface area contributed by atoms with E-state index in [1.165, 1.54) is 0 Å². The average molecular weight is 381 g/mol. The summed E-state index contributed by atoms with van der Waals surface area (Å²) < 4.78 is 5.43. The Kier molecular flexibility index (Phi) is 5.27. The molecule has 3 rings (SSSR count). The van der Waals surface area contributed by atoms with Gasteiger partial charge < -0.3 is 19.4 Å². The molecule has 2 aliphatic rings. The molecular formula is C18H25ClN4O3. The Bertz CT molecular complexity index is 683. The van der Waals surface area contributed by atoms with Gasteiger partial charge in [0.2, 0.25) is 5.91 Å². The van der Waals surface area contributed by atoms with Crippen molar-refractivity contribution < 1.29 is 14.3 Å². The Morgan fingerprint density at radius 1 is 1.27 bits per heavy atom. The van der Waals surface area contributed by atoms with Crippen molar-refractivity contribution in [3.05, 3.63) is 18.3 Å². The number of hydrogen-bond donors (Lipinski definition) is 0. The number of carbonyl (C=O) groups excluding carboxylic acids is 2. The molecule has 2 amide bonds. The van der Waals surface area contributed by atoms with Crippen LogP contribution in [0.3, 0.4) is 0 Å². The Balaban J connectivity index is 1.69. The zero-order chi connectivity index (χ0) is 18.9. The third-order valence-corrected chi connectivity index (χ3v) is 4.66. The van der Waals surface area contributed by atoms with Gasteiger partial charge in [0, 0.05) is 45.3 Å². The summed E-state index contributed by atoms with van der Waals surface area (Å²) in [5, 5.41) is -0.167. The van der Waals surface area contributed by atoms with E-state index in [-0.39, 0.29) is 17.4 Å². The third-order valence-electron chi connectivity index (χ3n) is 4.37. The van der Waals surface area contributed by atoms with E-state index in [2.05, 4.69) is 9.88 Å². The number of carbonyl (C=O) groups is 2. The van der Waals surface area contributed by atoms with Crippen LogP contribution in [-0.2, 0) is 9.53 Å². The fourth-order valence-corrected chi connectivity index (χ4v) is 3.44. The highest BCUT2D eigenvalue weighted by Gasteiger charge is 2.33. The van der Waals surface area contributed by atoms with Crippen LogP contribution in [0.5, 0.6) is 0 Å². The second-order valence-corrected chi connectivity index (χ2v) is 8.22. The van der Waals surface area contributed by atoms with Gasteiger partial charge in [-0.25, -0.2) is 9.78 Å². The SMILES string of the molecule is CC(C)(C)OC(=O)N1CCN(c2ncccc2N2CC(Cl)CC2=O)CC1. The van der Waals surface area contributed by atoms with Crippen molar-refractivity contribution in [1.82, 2.24) is 9.88 Å². The molecule has 0 radical (unpaired) electrons. The second-order valence-electron chi connectivity index (χ2n) is 7.61. The number of rotatable bonds is 2. The molecule has 7 nitrogen and oxygen atoms in total. The molecular weight excluding hydrogens is 356 g/mol. The monoisotopic (exact) mass is 380 g/mol. The van der Waals surface area contributed by atoms with E-state index in [0.29, 0.717) is 39.1 Å². The van der Waals surface area contributed by atoms with Crippen molar-refractivity contribution in [1.29, 1.82) is 0 Å². The maximum absolute atomic E-state index is 12.2. The first-order valence-corrected chi connectivity index (χ1v) is 9.30. The normalized spacial score (nSPS) is 21.3. The summed E-state index contributed by atoms with van der Waals surface area (Å²) in [5.41, 5.74) is 0.280. The van der Waals surface area contributed by atoms with E-state index in [9.17, 15) is 9.59 Å². The summed E-state index contributed by atoms with van der Waals surface area (Å²) in [6.07, 6.45) is 1.78. The zero-order valence-electron chi connectivity index (χ0n) is 15.4. The van der Waals surface area contributed by atoms with E-state index in [4.69, 9.17) is 16.3 Å². The summed E-state index contributed by atoms with van der Waals surface area (Å²) in [6.45, 7) is 8.45. The first-order valence-electron chi connectivity index (χ1n) is 8.87. The third kappa shape index (κ3) is 4.20. The van der Waals surface area contributed by atoms with Crippen LogP contribution in [0, 0.1) is 0 Å². The Labute approximate surface area is 158 Å². The predicted molar refractivity (Wildman–Crippen MR) is 101 cm³/mol. The first-order chi connectivity index (χ1) is 12.2. The molecule has 0 spiro atoms. The minimum absolute atomic E-state index is 0.0200. The van der Waals surface area contributed by atoms with Crippen molar-refractivity contribution >= 4 is 35.1 Å². The molecule has 1 unspecified atom stereocenters. The number of aromatic nitrogens is 1. The summed E-state index contributed by atoms with van der Waals surface area (Å²) >= 11 is 6.14. The number of amides is 2. The molecule has 2 fully saturated rings. The lowest BCUT2D eigenvalue weighted by atomic mass is 10.2. The van der Waals surface area contributed by atoms with Gasteiger partial charge in [-0.3, -0.25) is 4.79 Å². The van der Waals surface area contributed by atoms with Crippen LogP contribution in [0.2, 0.25) is 0 Å². The summed E-state index contributed by atoms with van der Waals surface area (Å²) in [5.74, 6) is 0.780. The number of piperazine rings is 1. The van der Waals surface area contributed by atoms with Gasteiger partial charge in [0.15, 0.2) is 5.82 Å². The minimum Gasteiger partial charge on any atom is -0.444 e. The number of halogens is 1. The first kappa shape index (κ1) is 18.8. The molecule has 1 atom stereocenters. The average Bonchev–Trinajstić information content (AvgIpc) is 2.92. The number of anilines is 2. The predicted octanol–water partition coefficient (Wildman–Crippen LogP) is 2.48. The van der Waals surface area contributed by atoms with Gasteiger partial charge in [-0.15, -0.1) is 11.6 Å². The molecule has 0 N–H and O–H groups in total. The molecule has 2 aliphatic heterocycles. The number of ether oxygens (including phenoxy) is 1. The van der Waals surface area contributed by atoms with E-state index in [1.807, 2.05) is 32.9 Å². The van der Waals surface area contributed by atoms with Crippen molar-refractivity contribution in [2.75, 3.05) is 42.5 Å². The molecule has 1 aromatic rings. The molecule has 8 heteroatoms. The standard InChI is InChI=1S/C18H25ClN4O3/c1-18(2,3)26-17(25)22-9-7-21(8-10-22)16-14(5-4-6-20-16)23-12-13(19)11-15(23)24/h4-6,13H,7-12H2,1-3H3. The van der Waals surface area contributed by atoms with E-state index in [0.717, 1.165) is 11.5 Å². The lowest BCUT2D eigenvalue weighted by Crippen LogP contribution is -2.50. The second kappa shape index (κ2) is 7.31. The van der Waals surface area contributed by atoms with Gasteiger partial charge in [-0.2, -0.15) is 0 Å². The van der Waals surface area contributed by atoms with Gasteiger partial charge in [0.05, 0.1) is 11.1 Å². The van der Waals surface area contributed by atoms with Gasteiger partial charge in [-0.05, 0) is 32.9 Å². The molecule has 0 aliphatic carbocycles. The van der Waals surface area contributed by atoms with E-state index < -0.39 is 5.60 Å². The highest BCUT2D eigenvalue weighted by atomic mass is 35.5. The van der Waals surface area contributed by atoms with Crippen LogP contribution < -0.4 is 9.80 Å². The van der Waals surface area contributed by atoms with E-state index >= 15 is 0 Å². The fourth-order valence-electron chi connectivity index (χ4n) is 3.17. The van der Waals surface area contributed by atoms with Crippen molar-refractivity contribution in [3.8, 4) is 0 Å². The van der Waals surface area contributed by atoms with Crippen LogP contribution in [0.1, 0.15) is 27.2 Å². The van der Waals surface area contributed by atoms with Gasteiger partial charge in [0.25, 0.3) is 0 Å². The summed E-state index contributed by atoms with van der Waals surface area (Å²) in [6, 6.07) is 3.72. The number of alkyl halides is 1. The molecule has 3 heterocycles. The molecule has 0 saturated carbocycles. The Morgan fingerprint density at radius 3 is 2.54 bits per heavy atom. The summed E-state index contributed by atoms with van der Waals surface area (Å²) in [7, 11) is 0. The quantitative estimate of drug-likeness (QED) is 0.737. The maximum atomic E-state index is 12.2. The minimum atomic E-state index is -0.503. The largest absolute Gasteiger partial charge is 0.444 e. The van der Waals surface area contributed by atoms with Crippen molar-refractivity contribution in [3.63, 3.8) is 0 Å². The number of nitrogens with zero attached hydrogens (tertiary/aromatic N) is 4. The maximum Gasteiger partial charge on any atom is 0.410 e. The smallest absolute Gasteiger partial charge is 0.410 e. The Hall–Kier alpha value is -2.02. The van der Waals surface area contributed by atoms with Gasteiger partial charge in [0.1, 0.15) is 5.60 Å². The molecule has 0 aromatic carbocycles. The Morgan fingerprint density at radius 2 is 1.96 bits per heavy atom. The van der Waals surface area contributed by atoms with Crippen LogP contribution in [0.15, 0.2) is 18.3 Å². The number of hydrogen-bond acceptors (Lipinski definition) is 5. The van der Waals surface area contributed by atoms with Crippen LogP contribution >= 0.6 is 11.6 Å². The van der Waals surface area contributed by atoms with Gasteiger partial charge in [-0.1, -0.05) is 0 Å². The van der Waals surface area contributed by atoms with Crippen LogP contribution in [0.25, 0.3) is 0 Å². The van der Waals surface area contributed by atoms with Crippen LogP contribution in [0.4, 0.5) is 16.3 Å². The van der Waals surface area contributed by atoms with Gasteiger partial charge >= 0.3 is 6.09 Å². The summed E-state index contributed by atoms with van der Waals surface area (Å²) in [4.78, 5) is 34.4. The molecule has 142 valence electrons. The topological polar surface area (TPSA) is 66.0 Å². The fraction of sp³-hybridized carbons (Fsp3) is 0.611. The highest BCUT2D eigenvalue weighted by molar-refractivity contribution is 6.24. The van der Waals surface area contributed by atoms with Crippen LogP contribution in [-0.4, -0.2) is 65.6 Å². The number of pyridine rings is 1. The molecule has 1 aromatic heterocycles. The lowest BCUT2D eigenvalue weighted by molar-refractivity contribution is -0.117. The molecule has 26 heavy (non-hydrogen) atoms. The molecule has 2 saturated heterocycles. The highest BCUT2D eigenvalue weighted by Crippen LogP contribution is 2.32. The molecule has 0 bridgehead atoms. The van der Waals surface area contributed by atoms with Crippen molar-refractivity contribution in [2.24, 2.45) is 0 Å². The zero-order valence-corrected chi connectivity index (χ0v) is 16.2. The van der Waals surface area contributed by atoms with Crippen molar-refractivity contribution in [2.45, 2.75) is 38.2 Å². The lowest BCUT2D eigenvalue weighted by Gasteiger charge is -2.37. The van der Waals surface area contributed by atoms with E-state index in [1.54, 1.807) is 16.0 Å².